The molecule has 2 aliphatic heterocycles. The maximum atomic E-state index is 14.1. The summed E-state index contributed by atoms with van der Waals surface area (Å²) in [6, 6.07) is 18.4. The van der Waals surface area contributed by atoms with E-state index in [0.29, 0.717) is 35.7 Å². The van der Waals surface area contributed by atoms with Crippen molar-refractivity contribution in [2.75, 3.05) is 34.3 Å². The summed E-state index contributed by atoms with van der Waals surface area (Å²) in [5, 5.41) is 0. The van der Waals surface area contributed by atoms with Gasteiger partial charge in [0.25, 0.3) is 0 Å². The SMILES string of the molecule is CC(C)c1cccc(C(C)C)c1N1[CH-]N(c2c(C(C)C)cccc2C(C)C)CC1.CCC1CN(C(=O)c2c(F)c(F)c(F)c(F)c2F)c2cccc([CH]=[Ru][Cl])c2O1. The molecule has 0 spiro atoms. The van der Waals surface area contributed by atoms with E-state index in [0.717, 1.165) is 18.0 Å². The minimum atomic E-state index is -2.32. The van der Waals surface area contributed by atoms with Gasteiger partial charge in [-0.1, -0.05) is 91.8 Å². The van der Waals surface area contributed by atoms with E-state index >= 15 is 0 Å². The number of carbonyl (C=O) groups is 1. The molecule has 2 aliphatic rings. The molecule has 0 N–H and O–H groups in total. The van der Waals surface area contributed by atoms with Crippen LogP contribution in [0.25, 0.3) is 0 Å². The number of para-hydroxylation sites is 3. The molecular formula is C45H51ClF5N3O2Ru-. The van der Waals surface area contributed by atoms with Crippen LogP contribution in [0.1, 0.15) is 131 Å². The monoisotopic (exact) mass is 897 g/mol. The first kappa shape index (κ1) is 44.3. The summed E-state index contributed by atoms with van der Waals surface area (Å²) in [6.07, 6.45) is -0.0819. The molecule has 57 heavy (non-hydrogen) atoms. The van der Waals surface area contributed by atoms with Gasteiger partial charge in [-0.2, -0.15) is 6.67 Å². The molecule has 0 aromatic heterocycles. The fourth-order valence-electron chi connectivity index (χ4n) is 7.37. The zero-order chi connectivity index (χ0) is 41.9. The van der Waals surface area contributed by atoms with Crippen LogP contribution in [-0.2, 0) is 15.7 Å². The van der Waals surface area contributed by atoms with Crippen molar-refractivity contribution in [3.05, 3.63) is 124 Å². The van der Waals surface area contributed by atoms with Crippen LogP contribution < -0.4 is 19.4 Å². The van der Waals surface area contributed by atoms with Crippen molar-refractivity contribution in [1.29, 1.82) is 0 Å². The summed E-state index contributed by atoms with van der Waals surface area (Å²) in [6.45, 7) is 24.6. The van der Waals surface area contributed by atoms with Gasteiger partial charge in [-0.15, -0.1) is 0 Å². The standard InChI is InChI=1S/C27H39N2.C18H12F5NO2.ClH.Ru/c1-18(2)22-11-9-12-23(19(3)4)26(22)28-15-16-29(17-28)27-24(20(5)6)13-10-14-25(27)21(7)8;1-3-9-7-24(10-6-4-5-8(2)17(10)26-9)18(25)11-12(19)14(21)16(23)15(22)13(11)20;;/h9-14,17-21H,15-16H2,1-8H3;2,4-6,9H,3,7H2,1H3;1H;/q-1;;;+1/p-1. The third-order valence-corrected chi connectivity index (χ3v) is 11.6. The fourth-order valence-corrected chi connectivity index (χ4v) is 8.46. The molecule has 12 heteroatoms. The van der Waals surface area contributed by atoms with Crippen LogP contribution in [-0.4, -0.2) is 36.3 Å². The van der Waals surface area contributed by atoms with Gasteiger partial charge >= 0.3 is 168 Å². The minimum absolute atomic E-state index is 0.112. The topological polar surface area (TPSA) is 36.0 Å². The van der Waals surface area contributed by atoms with E-state index in [1.54, 1.807) is 23.7 Å². The summed E-state index contributed by atoms with van der Waals surface area (Å²) >= 11 is -0.631. The summed E-state index contributed by atoms with van der Waals surface area (Å²) in [7, 11) is 5.82. The van der Waals surface area contributed by atoms with Gasteiger partial charge in [0.15, 0.2) is 0 Å². The third-order valence-electron chi connectivity index (χ3n) is 10.4. The first-order valence-corrected chi connectivity index (χ1v) is 22.6. The average Bonchev–Trinajstić information content (AvgIpc) is 3.68. The van der Waals surface area contributed by atoms with Gasteiger partial charge in [0, 0.05) is 24.5 Å². The Morgan fingerprint density at radius 3 is 1.56 bits per heavy atom. The van der Waals surface area contributed by atoms with Crippen LogP contribution in [0.5, 0.6) is 5.75 Å². The first-order chi connectivity index (χ1) is 27.0. The van der Waals surface area contributed by atoms with E-state index in [4.69, 9.17) is 14.4 Å². The Morgan fingerprint density at radius 2 is 1.16 bits per heavy atom. The normalized spacial score (nSPS) is 15.7. The molecular weight excluding hydrogens is 846 g/mol. The molecule has 1 saturated heterocycles. The van der Waals surface area contributed by atoms with Gasteiger partial charge in [-0.05, 0) is 45.9 Å². The predicted octanol–water partition coefficient (Wildman–Crippen LogP) is 12.2. The zero-order valence-electron chi connectivity index (χ0n) is 33.8. The number of hydrogen-bond acceptors (Lipinski definition) is 4. The first-order valence-electron chi connectivity index (χ1n) is 19.4. The summed E-state index contributed by atoms with van der Waals surface area (Å²) in [5.74, 6) is -10.0. The van der Waals surface area contributed by atoms with Gasteiger partial charge in [0.1, 0.15) is 0 Å². The molecule has 0 bridgehead atoms. The Hall–Kier alpha value is -3.82. The average molecular weight is 897 g/mol. The molecule has 2 heterocycles. The van der Waals surface area contributed by atoms with Gasteiger partial charge in [-0.25, -0.2) is 0 Å². The van der Waals surface area contributed by atoms with E-state index in [-0.39, 0.29) is 18.0 Å². The van der Waals surface area contributed by atoms with Crippen LogP contribution in [0.3, 0.4) is 0 Å². The summed E-state index contributed by atoms with van der Waals surface area (Å²) in [4.78, 5) is 18.8. The van der Waals surface area contributed by atoms with Crippen LogP contribution >= 0.6 is 9.69 Å². The van der Waals surface area contributed by atoms with Crippen molar-refractivity contribution in [3.8, 4) is 5.75 Å². The van der Waals surface area contributed by atoms with Gasteiger partial charge in [0.05, 0.1) is 0 Å². The Bertz CT molecular complexity index is 1970. The van der Waals surface area contributed by atoms with E-state index in [1.807, 2.05) is 0 Å². The molecule has 6 rings (SSSR count). The maximum absolute atomic E-state index is 14.1. The number of amides is 1. The van der Waals surface area contributed by atoms with Crippen molar-refractivity contribution < 1.29 is 47.2 Å². The number of ether oxygens (including phenoxy) is 1. The van der Waals surface area contributed by atoms with Gasteiger partial charge < -0.3 is 9.80 Å². The number of carbonyl (C=O) groups excluding carboxylic acids is 1. The molecule has 309 valence electrons. The quantitative estimate of drug-likeness (QED) is 0.0551. The van der Waals surface area contributed by atoms with Gasteiger partial charge in [0.2, 0.25) is 0 Å². The van der Waals surface area contributed by atoms with Crippen molar-refractivity contribution in [2.24, 2.45) is 0 Å². The van der Waals surface area contributed by atoms with Crippen LogP contribution in [0.4, 0.5) is 39.0 Å². The second-order valence-electron chi connectivity index (χ2n) is 15.6. The molecule has 1 atom stereocenters. The van der Waals surface area contributed by atoms with Gasteiger partial charge in [-0.3, -0.25) is 0 Å². The molecule has 0 aliphatic carbocycles. The Morgan fingerprint density at radius 1 is 0.737 bits per heavy atom. The molecule has 4 aromatic carbocycles. The summed E-state index contributed by atoms with van der Waals surface area (Å²) < 4.78 is 76.3. The van der Waals surface area contributed by atoms with Crippen molar-refractivity contribution >= 4 is 37.3 Å². The molecule has 1 unspecified atom stereocenters. The number of fused-ring (bicyclic) bond motifs is 1. The molecule has 1 amide bonds. The number of nitrogens with zero attached hydrogens (tertiary/aromatic N) is 3. The molecule has 0 radical (unpaired) electrons. The number of anilines is 3. The van der Waals surface area contributed by atoms with Crippen molar-refractivity contribution in [3.63, 3.8) is 0 Å². The second-order valence-corrected chi connectivity index (χ2v) is 17.4. The molecule has 1 fully saturated rings. The Kier molecular flexibility index (Phi) is 14.6. The van der Waals surface area contributed by atoms with E-state index < -0.39 is 62.3 Å². The molecule has 4 aromatic rings. The second kappa shape index (κ2) is 18.8. The van der Waals surface area contributed by atoms with Crippen molar-refractivity contribution in [1.82, 2.24) is 0 Å². The van der Waals surface area contributed by atoms with E-state index in [9.17, 15) is 26.7 Å². The molecule has 5 nitrogen and oxygen atoms in total. The molecule has 0 saturated carbocycles. The van der Waals surface area contributed by atoms with Crippen molar-refractivity contribution in [2.45, 2.75) is 98.5 Å². The predicted molar refractivity (Wildman–Crippen MR) is 218 cm³/mol. The van der Waals surface area contributed by atoms with E-state index in [1.165, 1.54) is 39.7 Å². The number of hydrogen-bond donors (Lipinski definition) is 0. The van der Waals surface area contributed by atoms with Crippen LogP contribution in [0, 0.1) is 35.8 Å². The third kappa shape index (κ3) is 9.10. The summed E-state index contributed by atoms with van der Waals surface area (Å²) in [5.41, 5.74) is 7.91. The zero-order valence-corrected chi connectivity index (χ0v) is 36.3. The Labute approximate surface area is 345 Å². The number of rotatable bonds is 9. The van der Waals surface area contributed by atoms with E-state index in [2.05, 4.69) is 108 Å². The van der Waals surface area contributed by atoms with Crippen LogP contribution in [0.15, 0.2) is 54.6 Å². The fraction of sp³-hybridized carbons (Fsp3) is 0.400. The number of halogens is 6. The Balaban J connectivity index is 0.000000218. The number of benzene rings is 4. The van der Waals surface area contributed by atoms with Crippen LogP contribution in [0.2, 0.25) is 0 Å².